The lowest BCUT2D eigenvalue weighted by molar-refractivity contribution is 0.102. The van der Waals surface area contributed by atoms with Crippen LogP contribution in [-0.4, -0.2) is 31.9 Å². The van der Waals surface area contributed by atoms with E-state index in [4.69, 9.17) is 0 Å². The minimum Gasteiger partial charge on any atom is -0.322 e. The highest BCUT2D eigenvalue weighted by Crippen LogP contribution is 2.36. The highest BCUT2D eigenvalue weighted by molar-refractivity contribution is 6.22. The number of tetrazole rings is 1. The van der Waals surface area contributed by atoms with Crippen molar-refractivity contribution in [1.82, 2.24) is 20.2 Å². The monoisotopic (exact) mass is 399 g/mol. The van der Waals surface area contributed by atoms with E-state index in [9.17, 15) is 14.0 Å². The van der Waals surface area contributed by atoms with Crippen LogP contribution in [0.5, 0.6) is 0 Å². The fourth-order valence-electron chi connectivity index (χ4n) is 3.58. The molecule has 1 amide bonds. The standard InChI is InChI=1S/C22H14FN5O2/c1-12-25-26-27-28(12)20-11-14(7-9-19(20)23)24-22(30)13-6-8-16-15-4-2-3-5-17(15)21(29)18(16)10-13/h2-11H,1H3,(H,24,30). The molecule has 1 aliphatic rings. The number of ketones is 1. The second-order valence-corrected chi connectivity index (χ2v) is 6.89. The van der Waals surface area contributed by atoms with Gasteiger partial charge in [0, 0.05) is 22.4 Å². The van der Waals surface area contributed by atoms with Crippen LogP contribution < -0.4 is 5.32 Å². The van der Waals surface area contributed by atoms with Gasteiger partial charge in [-0.2, -0.15) is 4.68 Å². The fraction of sp³-hybridized carbons (Fsp3) is 0.0455. The van der Waals surface area contributed by atoms with Crippen molar-refractivity contribution in [2.75, 3.05) is 5.32 Å². The second-order valence-electron chi connectivity index (χ2n) is 6.89. The number of halogens is 1. The van der Waals surface area contributed by atoms with Crippen LogP contribution in [0.15, 0.2) is 60.7 Å². The Kier molecular flexibility index (Phi) is 3.99. The largest absolute Gasteiger partial charge is 0.322 e. The van der Waals surface area contributed by atoms with Crippen LogP contribution in [-0.2, 0) is 0 Å². The van der Waals surface area contributed by atoms with Crippen LogP contribution in [0.25, 0.3) is 16.8 Å². The van der Waals surface area contributed by atoms with Crippen molar-refractivity contribution in [2.45, 2.75) is 6.92 Å². The SMILES string of the molecule is Cc1nnnn1-c1cc(NC(=O)c2ccc3c(c2)C(=O)c2ccccc2-3)ccc1F. The highest BCUT2D eigenvalue weighted by atomic mass is 19.1. The number of carbonyl (C=O) groups excluding carboxylic acids is 2. The van der Waals surface area contributed by atoms with Gasteiger partial charge in [0.05, 0.1) is 0 Å². The maximum atomic E-state index is 14.2. The number of hydrogen-bond acceptors (Lipinski definition) is 5. The van der Waals surface area contributed by atoms with Crippen molar-refractivity contribution in [3.63, 3.8) is 0 Å². The minimum atomic E-state index is -0.524. The minimum absolute atomic E-state index is 0.103. The Morgan fingerprint density at radius 1 is 0.967 bits per heavy atom. The molecule has 0 aliphatic heterocycles. The van der Waals surface area contributed by atoms with Crippen LogP contribution in [0.3, 0.4) is 0 Å². The molecule has 0 radical (unpaired) electrons. The van der Waals surface area contributed by atoms with E-state index in [0.29, 0.717) is 28.2 Å². The number of rotatable bonds is 3. The smallest absolute Gasteiger partial charge is 0.255 e. The van der Waals surface area contributed by atoms with Gasteiger partial charge in [-0.05, 0) is 58.8 Å². The molecule has 1 aliphatic carbocycles. The average molecular weight is 399 g/mol. The molecular formula is C22H14FN5O2. The molecule has 0 bridgehead atoms. The van der Waals surface area contributed by atoms with E-state index in [2.05, 4.69) is 20.8 Å². The number of anilines is 1. The number of nitrogens with zero attached hydrogens (tertiary/aromatic N) is 4. The summed E-state index contributed by atoms with van der Waals surface area (Å²) in [4.78, 5) is 25.5. The molecule has 7 nitrogen and oxygen atoms in total. The van der Waals surface area contributed by atoms with Crippen molar-refractivity contribution in [3.05, 3.63) is 89.0 Å². The third-order valence-electron chi connectivity index (χ3n) is 5.05. The molecule has 0 fully saturated rings. The first-order valence-electron chi connectivity index (χ1n) is 9.17. The molecule has 1 heterocycles. The Bertz CT molecular complexity index is 1350. The molecule has 3 aromatic carbocycles. The highest BCUT2D eigenvalue weighted by Gasteiger charge is 2.27. The number of benzene rings is 3. The van der Waals surface area contributed by atoms with Crippen LogP contribution in [0.4, 0.5) is 10.1 Å². The molecule has 0 saturated carbocycles. The molecule has 8 heteroatoms. The summed E-state index contributed by atoms with van der Waals surface area (Å²) >= 11 is 0. The van der Waals surface area contributed by atoms with Gasteiger partial charge in [-0.1, -0.05) is 30.3 Å². The number of carbonyl (C=O) groups is 2. The summed E-state index contributed by atoms with van der Waals surface area (Å²) in [5.41, 5.74) is 3.63. The average Bonchev–Trinajstić information content (AvgIpc) is 3.31. The van der Waals surface area contributed by atoms with Crippen LogP contribution in [0.2, 0.25) is 0 Å². The third kappa shape index (κ3) is 2.77. The van der Waals surface area contributed by atoms with Gasteiger partial charge < -0.3 is 5.32 Å². The van der Waals surface area contributed by atoms with Gasteiger partial charge in [-0.15, -0.1) is 5.10 Å². The number of hydrogen-bond donors (Lipinski definition) is 1. The van der Waals surface area contributed by atoms with Gasteiger partial charge in [-0.3, -0.25) is 9.59 Å². The van der Waals surface area contributed by atoms with Gasteiger partial charge in [0.25, 0.3) is 5.91 Å². The molecule has 1 N–H and O–H groups in total. The Hall–Kier alpha value is -4.20. The maximum absolute atomic E-state index is 14.2. The molecule has 5 rings (SSSR count). The van der Waals surface area contributed by atoms with E-state index >= 15 is 0 Å². The molecule has 0 atom stereocenters. The van der Waals surface area contributed by atoms with Crippen molar-refractivity contribution < 1.29 is 14.0 Å². The Labute approximate surface area is 170 Å². The maximum Gasteiger partial charge on any atom is 0.255 e. The van der Waals surface area contributed by atoms with E-state index in [1.807, 2.05) is 18.2 Å². The molecular weight excluding hydrogens is 385 g/mol. The number of fused-ring (bicyclic) bond motifs is 3. The lowest BCUT2D eigenvalue weighted by Crippen LogP contribution is -2.13. The predicted octanol–water partition coefficient (Wildman–Crippen LogP) is 3.57. The first-order valence-corrected chi connectivity index (χ1v) is 9.17. The summed E-state index contributed by atoms with van der Waals surface area (Å²) < 4.78 is 15.5. The van der Waals surface area contributed by atoms with Crippen LogP contribution in [0.1, 0.15) is 32.1 Å². The normalized spacial score (nSPS) is 11.9. The Morgan fingerprint density at radius 2 is 1.73 bits per heavy atom. The molecule has 0 unspecified atom stereocenters. The molecule has 1 aromatic heterocycles. The zero-order valence-electron chi connectivity index (χ0n) is 15.8. The summed E-state index contributed by atoms with van der Waals surface area (Å²) in [6.07, 6.45) is 0. The Morgan fingerprint density at radius 3 is 2.50 bits per heavy atom. The lowest BCUT2D eigenvalue weighted by Gasteiger charge is -2.10. The number of aromatic nitrogens is 4. The fourth-order valence-corrected chi connectivity index (χ4v) is 3.58. The summed E-state index contributed by atoms with van der Waals surface area (Å²) in [6, 6.07) is 16.5. The topological polar surface area (TPSA) is 89.8 Å². The lowest BCUT2D eigenvalue weighted by atomic mass is 10.0. The van der Waals surface area contributed by atoms with E-state index in [-0.39, 0.29) is 11.5 Å². The summed E-state index contributed by atoms with van der Waals surface area (Å²) in [7, 11) is 0. The van der Waals surface area contributed by atoms with Crippen molar-refractivity contribution >= 4 is 17.4 Å². The van der Waals surface area contributed by atoms with Gasteiger partial charge in [0.2, 0.25) is 0 Å². The first kappa shape index (κ1) is 17.9. The van der Waals surface area contributed by atoms with Gasteiger partial charge in [-0.25, -0.2) is 4.39 Å². The van der Waals surface area contributed by atoms with Gasteiger partial charge in [0.15, 0.2) is 11.6 Å². The van der Waals surface area contributed by atoms with E-state index in [1.165, 1.54) is 22.9 Å². The van der Waals surface area contributed by atoms with E-state index in [1.54, 1.807) is 31.2 Å². The summed E-state index contributed by atoms with van der Waals surface area (Å²) in [6.45, 7) is 1.64. The molecule has 0 spiro atoms. The summed E-state index contributed by atoms with van der Waals surface area (Å²) in [5, 5.41) is 13.8. The van der Waals surface area contributed by atoms with Crippen LogP contribution >= 0.6 is 0 Å². The third-order valence-corrected chi connectivity index (χ3v) is 5.05. The summed E-state index contributed by atoms with van der Waals surface area (Å²) in [5.74, 6) is -0.626. The van der Waals surface area contributed by atoms with Crippen molar-refractivity contribution in [2.24, 2.45) is 0 Å². The molecule has 30 heavy (non-hydrogen) atoms. The number of aryl methyl sites for hydroxylation is 1. The predicted molar refractivity (Wildman–Crippen MR) is 107 cm³/mol. The van der Waals surface area contributed by atoms with Crippen molar-refractivity contribution in [3.8, 4) is 16.8 Å². The van der Waals surface area contributed by atoms with E-state index < -0.39 is 11.7 Å². The number of amides is 1. The Balaban J connectivity index is 1.45. The zero-order chi connectivity index (χ0) is 20.8. The zero-order valence-corrected chi connectivity index (χ0v) is 15.8. The quantitative estimate of drug-likeness (QED) is 0.501. The van der Waals surface area contributed by atoms with E-state index in [0.717, 1.165) is 11.1 Å². The van der Waals surface area contributed by atoms with Crippen LogP contribution in [0, 0.1) is 12.7 Å². The molecule has 4 aromatic rings. The second kappa shape index (κ2) is 6.70. The van der Waals surface area contributed by atoms with Crippen molar-refractivity contribution in [1.29, 1.82) is 0 Å². The first-order chi connectivity index (χ1) is 14.5. The molecule has 146 valence electrons. The van der Waals surface area contributed by atoms with Gasteiger partial charge >= 0.3 is 0 Å². The number of nitrogens with one attached hydrogen (secondary N) is 1. The van der Waals surface area contributed by atoms with Gasteiger partial charge in [0.1, 0.15) is 11.5 Å². The molecule has 0 saturated heterocycles.